The Hall–Kier alpha value is -1.49. The van der Waals surface area contributed by atoms with E-state index in [1.807, 2.05) is 20.8 Å². The summed E-state index contributed by atoms with van der Waals surface area (Å²) in [5, 5.41) is 13.6. The van der Waals surface area contributed by atoms with E-state index in [2.05, 4.69) is 5.32 Å². The third-order valence-corrected chi connectivity index (χ3v) is 2.17. The summed E-state index contributed by atoms with van der Waals surface area (Å²) in [5.41, 5.74) is 0.747. The van der Waals surface area contributed by atoms with Crippen LogP contribution in [0.2, 0.25) is 0 Å². The molecule has 0 aliphatic carbocycles. The van der Waals surface area contributed by atoms with E-state index in [4.69, 9.17) is 12.2 Å². The SMILES string of the molecule is CC(C)(C)NC(=S)c1ccc([N+](=O)[O-])cc1. The molecule has 1 aromatic rings. The Bertz CT molecular complexity index is 407. The number of non-ortho nitro benzene ring substituents is 1. The molecule has 0 unspecified atom stereocenters. The molecular weight excluding hydrogens is 224 g/mol. The van der Waals surface area contributed by atoms with Crippen molar-refractivity contribution in [3.05, 3.63) is 39.9 Å². The van der Waals surface area contributed by atoms with E-state index in [9.17, 15) is 10.1 Å². The maximum absolute atomic E-state index is 10.5. The minimum Gasteiger partial charge on any atom is -0.371 e. The molecule has 0 heterocycles. The summed E-state index contributed by atoms with van der Waals surface area (Å²) >= 11 is 5.20. The van der Waals surface area contributed by atoms with Gasteiger partial charge in [-0.2, -0.15) is 0 Å². The van der Waals surface area contributed by atoms with Gasteiger partial charge in [0.05, 0.1) is 4.92 Å². The Morgan fingerprint density at radius 2 is 1.81 bits per heavy atom. The lowest BCUT2D eigenvalue weighted by Crippen LogP contribution is -2.39. The van der Waals surface area contributed by atoms with E-state index >= 15 is 0 Å². The highest BCUT2D eigenvalue weighted by Gasteiger charge is 2.13. The number of nitrogens with one attached hydrogen (secondary N) is 1. The van der Waals surface area contributed by atoms with Gasteiger partial charge in [-0.25, -0.2) is 0 Å². The second kappa shape index (κ2) is 4.57. The van der Waals surface area contributed by atoms with Crippen molar-refractivity contribution in [2.75, 3.05) is 0 Å². The fourth-order valence-electron chi connectivity index (χ4n) is 1.15. The van der Waals surface area contributed by atoms with Crippen molar-refractivity contribution in [3.63, 3.8) is 0 Å². The first-order valence-electron chi connectivity index (χ1n) is 4.86. The number of rotatable bonds is 2. The molecule has 0 bridgehead atoms. The second-order valence-electron chi connectivity index (χ2n) is 4.51. The highest BCUT2D eigenvalue weighted by atomic mass is 32.1. The molecule has 0 radical (unpaired) electrons. The van der Waals surface area contributed by atoms with E-state index in [0.717, 1.165) is 5.56 Å². The van der Waals surface area contributed by atoms with Gasteiger partial charge in [-0.1, -0.05) is 12.2 Å². The van der Waals surface area contributed by atoms with Crippen LogP contribution in [0, 0.1) is 10.1 Å². The molecule has 0 aliphatic rings. The van der Waals surface area contributed by atoms with E-state index in [0.29, 0.717) is 4.99 Å². The van der Waals surface area contributed by atoms with E-state index in [1.54, 1.807) is 12.1 Å². The van der Waals surface area contributed by atoms with Crippen LogP contribution in [0.25, 0.3) is 0 Å². The maximum Gasteiger partial charge on any atom is 0.269 e. The average Bonchev–Trinajstić information content (AvgIpc) is 2.15. The van der Waals surface area contributed by atoms with E-state index < -0.39 is 4.92 Å². The molecule has 86 valence electrons. The highest BCUT2D eigenvalue weighted by molar-refractivity contribution is 7.80. The van der Waals surface area contributed by atoms with Gasteiger partial charge in [-0.05, 0) is 32.9 Å². The minimum absolute atomic E-state index is 0.0716. The van der Waals surface area contributed by atoms with E-state index in [1.165, 1.54) is 12.1 Å². The van der Waals surface area contributed by atoms with Gasteiger partial charge in [0, 0.05) is 23.2 Å². The molecule has 0 atom stereocenters. The Labute approximate surface area is 99.8 Å². The van der Waals surface area contributed by atoms with Crippen molar-refractivity contribution < 1.29 is 4.92 Å². The van der Waals surface area contributed by atoms with Crippen molar-refractivity contribution in [2.24, 2.45) is 0 Å². The summed E-state index contributed by atoms with van der Waals surface area (Å²) in [4.78, 5) is 10.6. The monoisotopic (exact) mass is 238 g/mol. The predicted octanol–water partition coefficient (Wildman–Crippen LogP) is 2.66. The van der Waals surface area contributed by atoms with Gasteiger partial charge in [0.25, 0.3) is 5.69 Å². The first-order valence-corrected chi connectivity index (χ1v) is 5.27. The summed E-state index contributed by atoms with van der Waals surface area (Å²) in [5.74, 6) is 0. The Kier molecular flexibility index (Phi) is 3.59. The lowest BCUT2D eigenvalue weighted by molar-refractivity contribution is -0.384. The van der Waals surface area contributed by atoms with Gasteiger partial charge < -0.3 is 5.32 Å². The lowest BCUT2D eigenvalue weighted by Gasteiger charge is -2.22. The van der Waals surface area contributed by atoms with Crippen molar-refractivity contribution in [1.82, 2.24) is 5.32 Å². The molecule has 1 rings (SSSR count). The molecule has 16 heavy (non-hydrogen) atoms. The zero-order valence-corrected chi connectivity index (χ0v) is 10.3. The summed E-state index contributed by atoms with van der Waals surface area (Å²) < 4.78 is 0. The Morgan fingerprint density at radius 3 is 2.19 bits per heavy atom. The number of hydrogen-bond donors (Lipinski definition) is 1. The van der Waals surface area contributed by atoms with E-state index in [-0.39, 0.29) is 11.2 Å². The van der Waals surface area contributed by atoms with Gasteiger partial charge in [-0.3, -0.25) is 10.1 Å². The highest BCUT2D eigenvalue weighted by Crippen LogP contribution is 2.13. The number of nitro groups is 1. The zero-order chi connectivity index (χ0) is 12.3. The average molecular weight is 238 g/mol. The van der Waals surface area contributed by atoms with Gasteiger partial charge in [-0.15, -0.1) is 0 Å². The van der Waals surface area contributed by atoms with Gasteiger partial charge in [0.15, 0.2) is 0 Å². The zero-order valence-electron chi connectivity index (χ0n) is 9.48. The van der Waals surface area contributed by atoms with Crippen molar-refractivity contribution in [2.45, 2.75) is 26.3 Å². The second-order valence-corrected chi connectivity index (χ2v) is 4.92. The summed E-state index contributed by atoms with van der Waals surface area (Å²) in [6, 6.07) is 6.20. The molecule has 4 nitrogen and oxygen atoms in total. The molecule has 5 heteroatoms. The van der Waals surface area contributed by atoms with Crippen LogP contribution in [-0.2, 0) is 0 Å². The first-order chi connectivity index (χ1) is 7.29. The van der Waals surface area contributed by atoms with Crippen LogP contribution in [0.3, 0.4) is 0 Å². The molecule has 0 saturated heterocycles. The van der Waals surface area contributed by atoms with Crippen LogP contribution in [0.5, 0.6) is 0 Å². The van der Waals surface area contributed by atoms with Crippen LogP contribution in [0.15, 0.2) is 24.3 Å². The Balaban J connectivity index is 2.82. The molecule has 0 spiro atoms. The van der Waals surface area contributed by atoms with Crippen molar-refractivity contribution >= 4 is 22.9 Å². The number of benzene rings is 1. The van der Waals surface area contributed by atoms with Crippen molar-refractivity contribution in [1.29, 1.82) is 0 Å². The number of thiocarbonyl (C=S) groups is 1. The van der Waals surface area contributed by atoms with Crippen LogP contribution >= 0.6 is 12.2 Å². The maximum atomic E-state index is 10.5. The smallest absolute Gasteiger partial charge is 0.269 e. The standard InChI is InChI=1S/C11H14N2O2S/c1-11(2,3)12-10(16)8-4-6-9(7-5-8)13(14)15/h4-7H,1-3H3,(H,12,16). The molecule has 0 fully saturated rings. The topological polar surface area (TPSA) is 55.2 Å². The molecular formula is C11H14N2O2S. The fraction of sp³-hybridized carbons (Fsp3) is 0.364. The predicted molar refractivity (Wildman–Crippen MR) is 67.7 cm³/mol. The molecule has 1 aromatic carbocycles. The Morgan fingerprint density at radius 1 is 1.31 bits per heavy atom. The molecule has 0 amide bonds. The third kappa shape index (κ3) is 3.58. The summed E-state index contributed by atoms with van der Waals surface area (Å²) in [6.45, 7) is 6.01. The van der Waals surface area contributed by atoms with Gasteiger partial charge >= 0.3 is 0 Å². The van der Waals surface area contributed by atoms with Crippen molar-refractivity contribution in [3.8, 4) is 0 Å². The number of nitrogens with zero attached hydrogens (tertiary/aromatic N) is 1. The summed E-state index contributed by atoms with van der Waals surface area (Å²) in [7, 11) is 0. The molecule has 1 N–H and O–H groups in total. The molecule has 0 aliphatic heterocycles. The van der Waals surface area contributed by atoms with Gasteiger partial charge in [0.1, 0.15) is 4.99 Å². The quantitative estimate of drug-likeness (QED) is 0.489. The largest absolute Gasteiger partial charge is 0.371 e. The minimum atomic E-state index is -0.427. The lowest BCUT2D eigenvalue weighted by atomic mass is 10.1. The summed E-state index contributed by atoms with van der Waals surface area (Å²) in [6.07, 6.45) is 0. The van der Waals surface area contributed by atoms with Crippen LogP contribution < -0.4 is 5.32 Å². The molecule has 0 saturated carbocycles. The van der Waals surface area contributed by atoms with Gasteiger partial charge in [0.2, 0.25) is 0 Å². The van der Waals surface area contributed by atoms with Crippen LogP contribution in [0.4, 0.5) is 5.69 Å². The number of nitro benzene ring substituents is 1. The first kappa shape index (κ1) is 12.6. The fourth-order valence-corrected chi connectivity index (χ4v) is 1.59. The molecule has 0 aromatic heterocycles. The van der Waals surface area contributed by atoms with Crippen LogP contribution in [-0.4, -0.2) is 15.5 Å². The third-order valence-electron chi connectivity index (χ3n) is 1.83. The number of hydrogen-bond acceptors (Lipinski definition) is 3. The van der Waals surface area contributed by atoms with Crippen LogP contribution in [0.1, 0.15) is 26.3 Å². The normalized spacial score (nSPS) is 10.9.